The Morgan fingerprint density at radius 1 is 1.11 bits per heavy atom. The van der Waals surface area contributed by atoms with E-state index in [1.807, 2.05) is 11.0 Å². The summed E-state index contributed by atoms with van der Waals surface area (Å²) in [7, 11) is 1.75. The largest absolute Gasteiger partial charge is 0.379 e. The van der Waals surface area contributed by atoms with Gasteiger partial charge in [0.05, 0.1) is 24.9 Å². The molecule has 3 aliphatic rings. The molecule has 3 fully saturated rings. The average Bonchev–Trinajstić information content (AvgIpc) is 2.97. The number of hydrogen-bond acceptors (Lipinski definition) is 7. The summed E-state index contributed by atoms with van der Waals surface area (Å²) in [4.78, 5) is 23.9. The molecule has 4 atom stereocenters. The van der Waals surface area contributed by atoms with Crippen molar-refractivity contribution >= 4 is 5.91 Å². The minimum absolute atomic E-state index is 0.00119. The Kier molecular flexibility index (Phi) is 9.38. The first-order chi connectivity index (χ1) is 18.6. The van der Waals surface area contributed by atoms with Gasteiger partial charge in [-0.2, -0.15) is 0 Å². The van der Waals surface area contributed by atoms with E-state index < -0.39 is 0 Å². The molecule has 1 N–H and O–H groups in total. The fourth-order valence-corrected chi connectivity index (χ4v) is 5.95. The number of amides is 1. The van der Waals surface area contributed by atoms with Gasteiger partial charge in [-0.1, -0.05) is 29.8 Å². The van der Waals surface area contributed by atoms with Crippen LogP contribution in [0, 0.1) is 6.92 Å². The molecule has 8 nitrogen and oxygen atoms in total. The Hall–Kier alpha value is -2.39. The predicted molar refractivity (Wildman–Crippen MR) is 145 cm³/mol. The third-order valence-electron chi connectivity index (χ3n) is 8.30. The number of carbonyl (C=O) groups excluding carboxylic acids is 1. The number of rotatable bonds is 8. The van der Waals surface area contributed by atoms with E-state index in [9.17, 15) is 4.79 Å². The lowest BCUT2D eigenvalue weighted by Gasteiger charge is -2.38. The summed E-state index contributed by atoms with van der Waals surface area (Å²) in [5.74, 6) is 0.00119. The van der Waals surface area contributed by atoms with Crippen LogP contribution in [0.4, 0.5) is 0 Å². The Balaban J connectivity index is 1.10. The van der Waals surface area contributed by atoms with Crippen LogP contribution < -0.4 is 5.32 Å². The molecule has 1 amide bonds. The number of ether oxygens (including phenoxy) is 3. The highest BCUT2D eigenvalue weighted by Gasteiger charge is 2.31. The molecule has 0 spiro atoms. The number of aromatic nitrogens is 2. The van der Waals surface area contributed by atoms with E-state index in [-0.39, 0.29) is 24.2 Å². The van der Waals surface area contributed by atoms with Crippen molar-refractivity contribution in [2.24, 2.45) is 0 Å². The van der Waals surface area contributed by atoms with Gasteiger partial charge in [-0.05, 0) is 69.9 Å². The molecule has 0 radical (unpaired) electrons. The summed E-state index contributed by atoms with van der Waals surface area (Å²) >= 11 is 0. The number of methoxy groups -OCH3 is 1. The lowest BCUT2D eigenvalue weighted by molar-refractivity contribution is -0.0547. The van der Waals surface area contributed by atoms with Crippen molar-refractivity contribution in [3.8, 4) is 0 Å². The number of likely N-dealkylation sites (tertiary alicyclic amines) is 1. The van der Waals surface area contributed by atoms with E-state index in [1.54, 1.807) is 7.11 Å². The predicted octanol–water partition coefficient (Wildman–Crippen LogP) is 4.03. The molecule has 1 aromatic heterocycles. The zero-order valence-corrected chi connectivity index (χ0v) is 22.8. The Morgan fingerprint density at radius 3 is 2.71 bits per heavy atom. The third-order valence-corrected chi connectivity index (χ3v) is 8.30. The van der Waals surface area contributed by atoms with Gasteiger partial charge in [-0.15, -0.1) is 0 Å². The van der Waals surface area contributed by atoms with Crippen LogP contribution in [0.2, 0.25) is 0 Å². The van der Waals surface area contributed by atoms with Crippen molar-refractivity contribution in [3.05, 3.63) is 59.2 Å². The molecule has 0 bridgehead atoms. The number of hydrogen-bond donors (Lipinski definition) is 1. The number of nitrogens with one attached hydrogen (secondary N) is 1. The highest BCUT2D eigenvalue weighted by Crippen LogP contribution is 2.33. The van der Waals surface area contributed by atoms with Crippen LogP contribution in [0.3, 0.4) is 0 Å². The lowest BCUT2D eigenvalue weighted by Crippen LogP contribution is -2.54. The summed E-state index contributed by atoms with van der Waals surface area (Å²) in [6.07, 6.45) is 9.81. The van der Waals surface area contributed by atoms with Gasteiger partial charge in [0.2, 0.25) is 0 Å². The van der Waals surface area contributed by atoms with Crippen molar-refractivity contribution in [1.29, 1.82) is 0 Å². The number of piperidine rings is 1. The first-order valence-corrected chi connectivity index (χ1v) is 14.3. The molecule has 4 heterocycles. The fourth-order valence-electron chi connectivity index (χ4n) is 5.95. The summed E-state index contributed by atoms with van der Waals surface area (Å²) < 4.78 is 17.6. The van der Waals surface area contributed by atoms with Gasteiger partial charge in [0.15, 0.2) is 0 Å². The van der Waals surface area contributed by atoms with Crippen molar-refractivity contribution in [3.63, 3.8) is 0 Å². The van der Waals surface area contributed by atoms with Gasteiger partial charge in [-0.25, -0.2) is 9.97 Å². The molecule has 0 saturated carbocycles. The summed E-state index contributed by atoms with van der Waals surface area (Å²) in [5.41, 5.74) is 3.94. The van der Waals surface area contributed by atoms with Crippen LogP contribution >= 0.6 is 0 Å². The SMILES string of the molecule is CO[C@@H]1COCC[C@@H]1NC1CCN(C(=O)c2cc(CC[C@H]3CCC[C@@H](c4ccc(C)cc4)O3)ncn2)CC1. The van der Waals surface area contributed by atoms with Crippen molar-refractivity contribution in [2.45, 2.75) is 88.7 Å². The first kappa shape index (κ1) is 27.2. The van der Waals surface area contributed by atoms with Crippen LogP contribution in [0.15, 0.2) is 36.7 Å². The van der Waals surface area contributed by atoms with E-state index in [0.29, 0.717) is 24.4 Å². The summed E-state index contributed by atoms with van der Waals surface area (Å²) in [5, 5.41) is 3.75. The minimum Gasteiger partial charge on any atom is -0.379 e. The minimum atomic E-state index is 0.00119. The third kappa shape index (κ3) is 6.97. The smallest absolute Gasteiger partial charge is 0.272 e. The molecule has 5 rings (SSSR count). The van der Waals surface area contributed by atoms with Gasteiger partial charge in [-0.3, -0.25) is 4.79 Å². The average molecular weight is 523 g/mol. The fraction of sp³-hybridized carbons (Fsp3) is 0.633. The lowest BCUT2D eigenvalue weighted by atomic mass is 9.95. The van der Waals surface area contributed by atoms with Crippen LogP contribution in [0.25, 0.3) is 0 Å². The second kappa shape index (κ2) is 13.1. The van der Waals surface area contributed by atoms with E-state index in [2.05, 4.69) is 46.5 Å². The molecule has 1 aromatic carbocycles. The van der Waals surface area contributed by atoms with Crippen molar-refractivity contribution in [2.75, 3.05) is 33.4 Å². The molecule has 2 aromatic rings. The van der Waals surface area contributed by atoms with Gasteiger partial charge in [0, 0.05) is 44.6 Å². The molecule has 3 aliphatic heterocycles. The van der Waals surface area contributed by atoms with Crippen LogP contribution in [-0.2, 0) is 20.6 Å². The second-order valence-corrected chi connectivity index (χ2v) is 11.0. The highest BCUT2D eigenvalue weighted by molar-refractivity contribution is 5.92. The maximum atomic E-state index is 13.2. The van der Waals surface area contributed by atoms with Gasteiger partial charge in [0.25, 0.3) is 5.91 Å². The van der Waals surface area contributed by atoms with E-state index >= 15 is 0 Å². The molecule has 206 valence electrons. The molecule has 0 unspecified atom stereocenters. The molecular weight excluding hydrogens is 480 g/mol. The quantitative estimate of drug-likeness (QED) is 0.560. The van der Waals surface area contributed by atoms with Crippen LogP contribution in [0.5, 0.6) is 0 Å². The second-order valence-electron chi connectivity index (χ2n) is 11.0. The maximum absolute atomic E-state index is 13.2. The maximum Gasteiger partial charge on any atom is 0.272 e. The Bertz CT molecular complexity index is 1040. The number of carbonyl (C=O) groups is 1. The topological polar surface area (TPSA) is 85.8 Å². The van der Waals surface area contributed by atoms with E-state index in [1.165, 1.54) is 23.9 Å². The Morgan fingerprint density at radius 2 is 1.92 bits per heavy atom. The molecule has 3 saturated heterocycles. The zero-order valence-electron chi connectivity index (χ0n) is 22.8. The van der Waals surface area contributed by atoms with Crippen LogP contribution in [-0.4, -0.2) is 78.5 Å². The molecule has 38 heavy (non-hydrogen) atoms. The number of aryl methyl sites for hydroxylation is 2. The molecular formula is C30H42N4O4. The first-order valence-electron chi connectivity index (χ1n) is 14.3. The van der Waals surface area contributed by atoms with Gasteiger partial charge < -0.3 is 24.4 Å². The van der Waals surface area contributed by atoms with Crippen LogP contribution in [0.1, 0.15) is 78.4 Å². The molecule has 0 aliphatic carbocycles. The normalized spacial score (nSPS) is 26.8. The number of nitrogens with zero attached hydrogens (tertiary/aromatic N) is 3. The highest BCUT2D eigenvalue weighted by atomic mass is 16.5. The van der Waals surface area contributed by atoms with Gasteiger partial charge >= 0.3 is 0 Å². The van der Waals surface area contributed by atoms with Crippen molar-refractivity contribution < 1.29 is 19.0 Å². The molecule has 8 heteroatoms. The monoisotopic (exact) mass is 522 g/mol. The number of benzene rings is 1. The standard InChI is InChI=1S/C30H42N4O4/c1-21-6-8-22(9-7-21)28-5-3-4-25(38-28)11-10-24-18-27(32-20-31-24)30(35)34-15-12-23(13-16-34)33-26-14-17-37-19-29(26)36-2/h6-9,18,20,23,25-26,28-29,33H,3-5,10-17,19H2,1-2H3/t25-,26+,28+,29-/m1/s1. The van der Waals surface area contributed by atoms with E-state index in [4.69, 9.17) is 14.2 Å². The van der Waals surface area contributed by atoms with Gasteiger partial charge in [0.1, 0.15) is 12.0 Å². The summed E-state index contributed by atoms with van der Waals surface area (Å²) in [6.45, 7) is 4.98. The van der Waals surface area contributed by atoms with E-state index in [0.717, 1.165) is 70.3 Å². The summed E-state index contributed by atoms with van der Waals surface area (Å²) in [6, 6.07) is 11.3. The van der Waals surface area contributed by atoms with Crippen molar-refractivity contribution in [1.82, 2.24) is 20.2 Å². The zero-order chi connectivity index (χ0) is 26.3. The Labute approximate surface area is 226 Å².